The van der Waals surface area contributed by atoms with E-state index >= 15 is 0 Å². The predicted octanol–water partition coefficient (Wildman–Crippen LogP) is 0.789. The topological polar surface area (TPSA) is 58.6 Å². The molecule has 2 heterocycles. The lowest BCUT2D eigenvalue weighted by atomic mass is 10.2. The van der Waals surface area contributed by atoms with Crippen LogP contribution in [0.4, 0.5) is 19.0 Å². The summed E-state index contributed by atoms with van der Waals surface area (Å²) in [5, 5.41) is 0. The number of rotatable bonds is 2. The molecule has 9 heteroatoms. The standard InChI is InChI=1S/C12H15F3N4O2/c1-18(2)11(20)8-6-19(3-4-21-8)10-5-9(12(13,14)15)16-7-17-10/h5,7-8H,3-4,6H2,1-2H3. The molecule has 0 aliphatic carbocycles. The highest BCUT2D eigenvalue weighted by Gasteiger charge is 2.34. The zero-order valence-corrected chi connectivity index (χ0v) is 11.6. The van der Waals surface area contributed by atoms with Gasteiger partial charge in [-0.2, -0.15) is 13.2 Å². The van der Waals surface area contributed by atoms with Gasteiger partial charge in [-0.05, 0) is 0 Å². The summed E-state index contributed by atoms with van der Waals surface area (Å²) in [6.45, 7) is 0.770. The molecule has 0 bridgehead atoms. The van der Waals surface area contributed by atoms with Crippen LogP contribution in [-0.2, 0) is 15.7 Å². The Kier molecular flexibility index (Phi) is 4.31. The zero-order chi connectivity index (χ0) is 15.6. The summed E-state index contributed by atoms with van der Waals surface area (Å²) in [6, 6.07) is 0.877. The van der Waals surface area contributed by atoms with Crippen molar-refractivity contribution in [2.24, 2.45) is 0 Å². The number of likely N-dealkylation sites (N-methyl/N-ethyl adjacent to an activating group) is 1. The van der Waals surface area contributed by atoms with Crippen LogP contribution >= 0.6 is 0 Å². The van der Waals surface area contributed by atoms with Crippen LogP contribution in [0.15, 0.2) is 12.4 Å². The summed E-state index contributed by atoms with van der Waals surface area (Å²) >= 11 is 0. The van der Waals surface area contributed by atoms with E-state index in [1.807, 2.05) is 0 Å². The summed E-state index contributed by atoms with van der Waals surface area (Å²) < 4.78 is 43.3. The fraction of sp³-hybridized carbons (Fsp3) is 0.583. The van der Waals surface area contributed by atoms with Gasteiger partial charge in [0.15, 0.2) is 6.10 Å². The fourth-order valence-corrected chi connectivity index (χ4v) is 1.97. The number of carbonyl (C=O) groups excluding carboxylic acids is 1. The second-order valence-corrected chi connectivity index (χ2v) is 4.80. The van der Waals surface area contributed by atoms with Crippen molar-refractivity contribution in [3.05, 3.63) is 18.1 Å². The number of anilines is 1. The van der Waals surface area contributed by atoms with Crippen LogP contribution in [0.3, 0.4) is 0 Å². The summed E-state index contributed by atoms with van der Waals surface area (Å²) in [5.74, 6) is -0.0954. The largest absolute Gasteiger partial charge is 0.433 e. The molecule has 1 aliphatic heterocycles. The minimum absolute atomic E-state index is 0.136. The molecular weight excluding hydrogens is 289 g/mol. The molecule has 1 aliphatic rings. The van der Waals surface area contributed by atoms with Crippen molar-refractivity contribution in [1.29, 1.82) is 0 Å². The third kappa shape index (κ3) is 3.60. The van der Waals surface area contributed by atoms with Crippen LogP contribution in [0.5, 0.6) is 0 Å². The van der Waals surface area contributed by atoms with E-state index in [1.165, 1.54) is 4.90 Å². The van der Waals surface area contributed by atoms with Gasteiger partial charge in [0, 0.05) is 26.7 Å². The molecule has 0 spiro atoms. The third-order valence-electron chi connectivity index (χ3n) is 3.05. The van der Waals surface area contributed by atoms with Crippen LogP contribution in [-0.4, -0.2) is 60.7 Å². The van der Waals surface area contributed by atoms with Gasteiger partial charge in [-0.1, -0.05) is 0 Å². The normalized spacial score (nSPS) is 19.5. The first-order valence-electron chi connectivity index (χ1n) is 6.26. The number of morpholine rings is 1. The SMILES string of the molecule is CN(C)C(=O)C1CN(c2cc(C(F)(F)F)ncn2)CCO1. The van der Waals surface area contributed by atoms with Gasteiger partial charge in [0.2, 0.25) is 0 Å². The number of aromatic nitrogens is 2. The lowest BCUT2D eigenvalue weighted by Crippen LogP contribution is -2.49. The Bertz CT molecular complexity index is 521. The maximum atomic E-state index is 12.7. The number of halogens is 3. The molecule has 6 nitrogen and oxygen atoms in total. The molecule has 0 saturated carbocycles. The number of amides is 1. The number of alkyl halides is 3. The molecule has 1 fully saturated rings. The molecule has 2 rings (SSSR count). The van der Waals surface area contributed by atoms with Crippen LogP contribution in [0, 0.1) is 0 Å². The lowest BCUT2D eigenvalue weighted by Gasteiger charge is -2.34. The van der Waals surface area contributed by atoms with Gasteiger partial charge in [-0.3, -0.25) is 4.79 Å². The lowest BCUT2D eigenvalue weighted by molar-refractivity contribution is -0.142. The number of hydrogen-bond donors (Lipinski definition) is 0. The Morgan fingerprint density at radius 3 is 2.76 bits per heavy atom. The number of nitrogens with zero attached hydrogens (tertiary/aromatic N) is 4. The minimum Gasteiger partial charge on any atom is -0.365 e. The number of ether oxygens (including phenoxy) is 1. The van der Waals surface area contributed by atoms with Crippen LogP contribution < -0.4 is 4.90 Å². The van der Waals surface area contributed by atoms with Gasteiger partial charge in [-0.25, -0.2) is 9.97 Å². The molecule has 0 N–H and O–H groups in total. The van der Waals surface area contributed by atoms with Crippen molar-refractivity contribution >= 4 is 11.7 Å². The third-order valence-corrected chi connectivity index (χ3v) is 3.05. The summed E-state index contributed by atoms with van der Waals surface area (Å²) in [7, 11) is 3.19. The molecule has 1 unspecified atom stereocenters. The first-order chi connectivity index (χ1) is 9.79. The highest BCUT2D eigenvalue weighted by atomic mass is 19.4. The van der Waals surface area contributed by atoms with E-state index in [2.05, 4.69) is 9.97 Å². The molecule has 1 saturated heterocycles. The Morgan fingerprint density at radius 2 is 2.14 bits per heavy atom. The van der Waals surface area contributed by atoms with E-state index in [4.69, 9.17) is 4.74 Å². The first kappa shape index (κ1) is 15.5. The van der Waals surface area contributed by atoms with Gasteiger partial charge in [0.1, 0.15) is 17.8 Å². The molecule has 1 aromatic rings. The Balaban J connectivity index is 2.16. The maximum Gasteiger partial charge on any atom is 0.433 e. The predicted molar refractivity (Wildman–Crippen MR) is 67.7 cm³/mol. The molecule has 21 heavy (non-hydrogen) atoms. The van der Waals surface area contributed by atoms with Crippen molar-refractivity contribution in [2.75, 3.05) is 38.7 Å². The van der Waals surface area contributed by atoms with E-state index in [0.29, 0.717) is 6.54 Å². The Morgan fingerprint density at radius 1 is 1.43 bits per heavy atom. The quantitative estimate of drug-likeness (QED) is 0.808. The van der Waals surface area contributed by atoms with E-state index < -0.39 is 18.0 Å². The van der Waals surface area contributed by atoms with Gasteiger partial charge in [-0.15, -0.1) is 0 Å². The van der Waals surface area contributed by atoms with Gasteiger partial charge >= 0.3 is 6.18 Å². The smallest absolute Gasteiger partial charge is 0.365 e. The van der Waals surface area contributed by atoms with E-state index in [1.54, 1.807) is 19.0 Å². The minimum atomic E-state index is -4.52. The van der Waals surface area contributed by atoms with Crippen molar-refractivity contribution in [1.82, 2.24) is 14.9 Å². The van der Waals surface area contributed by atoms with Gasteiger partial charge < -0.3 is 14.5 Å². The summed E-state index contributed by atoms with van der Waals surface area (Å²) in [6.07, 6.45) is -4.36. The van der Waals surface area contributed by atoms with Crippen LogP contribution in [0.25, 0.3) is 0 Å². The molecule has 0 radical (unpaired) electrons. The maximum absolute atomic E-state index is 12.7. The van der Waals surface area contributed by atoms with Crippen LogP contribution in [0.1, 0.15) is 5.69 Å². The second kappa shape index (κ2) is 5.84. The Hall–Kier alpha value is -1.90. The average molecular weight is 304 g/mol. The highest BCUT2D eigenvalue weighted by molar-refractivity contribution is 5.81. The summed E-state index contributed by atoms with van der Waals surface area (Å²) in [4.78, 5) is 21.9. The second-order valence-electron chi connectivity index (χ2n) is 4.80. The molecule has 1 aromatic heterocycles. The van der Waals surface area contributed by atoms with Crippen molar-refractivity contribution in [3.8, 4) is 0 Å². The molecule has 116 valence electrons. The van der Waals surface area contributed by atoms with Crippen molar-refractivity contribution in [2.45, 2.75) is 12.3 Å². The van der Waals surface area contributed by atoms with Crippen molar-refractivity contribution in [3.63, 3.8) is 0 Å². The molecular formula is C12H15F3N4O2. The average Bonchev–Trinajstić information content (AvgIpc) is 2.46. The Labute approximate surface area is 119 Å². The molecule has 1 amide bonds. The number of carbonyl (C=O) groups is 1. The molecule has 0 aromatic carbocycles. The number of hydrogen-bond acceptors (Lipinski definition) is 5. The van der Waals surface area contributed by atoms with E-state index in [-0.39, 0.29) is 24.9 Å². The van der Waals surface area contributed by atoms with Gasteiger partial charge in [0.05, 0.1) is 13.2 Å². The molecule has 1 atom stereocenters. The van der Waals surface area contributed by atoms with E-state index in [9.17, 15) is 18.0 Å². The van der Waals surface area contributed by atoms with Gasteiger partial charge in [0.25, 0.3) is 5.91 Å². The highest BCUT2D eigenvalue weighted by Crippen LogP contribution is 2.29. The van der Waals surface area contributed by atoms with Crippen LogP contribution in [0.2, 0.25) is 0 Å². The summed E-state index contributed by atoms with van der Waals surface area (Å²) in [5.41, 5.74) is -1.01. The monoisotopic (exact) mass is 304 g/mol. The van der Waals surface area contributed by atoms with Crippen molar-refractivity contribution < 1.29 is 22.7 Å². The zero-order valence-electron chi connectivity index (χ0n) is 11.6. The fourth-order valence-electron chi connectivity index (χ4n) is 1.97. The first-order valence-corrected chi connectivity index (χ1v) is 6.26. The van der Waals surface area contributed by atoms with E-state index in [0.717, 1.165) is 12.4 Å².